The molecule has 1 atom stereocenters. The van der Waals surface area contributed by atoms with Gasteiger partial charge in [-0.05, 0) is 18.9 Å². The number of methoxy groups -OCH3 is 1. The van der Waals surface area contributed by atoms with Gasteiger partial charge in [-0.3, -0.25) is 9.59 Å². The van der Waals surface area contributed by atoms with Crippen molar-refractivity contribution in [3.63, 3.8) is 0 Å². The Morgan fingerprint density at radius 3 is 2.64 bits per heavy atom. The Balaban J connectivity index is 2.12. The third kappa shape index (κ3) is 2.14. The Hall–Kier alpha value is -2.08. The summed E-state index contributed by atoms with van der Waals surface area (Å²) in [4.78, 5) is 27.1. The van der Waals surface area contributed by atoms with Gasteiger partial charge in [-0.2, -0.15) is 0 Å². The lowest BCUT2D eigenvalue weighted by Crippen LogP contribution is -2.30. The number of nitrogens with zero attached hydrogens (tertiary/aromatic N) is 3. The molecule has 1 fully saturated rings. The lowest BCUT2D eigenvalue weighted by molar-refractivity contribution is 0.0725. The number of aryl methyl sites for hydroxylation is 3. The maximum Gasteiger partial charge on any atom is 0.260 e. The quantitative estimate of drug-likeness (QED) is 0.833. The number of rotatable bonds is 2. The fourth-order valence-corrected chi connectivity index (χ4v) is 3.34. The summed E-state index contributed by atoms with van der Waals surface area (Å²) in [5, 5.41) is 0.510. The van der Waals surface area contributed by atoms with Crippen LogP contribution >= 0.6 is 0 Å². The molecule has 0 spiro atoms. The number of hydrogen-bond donors (Lipinski definition) is 0. The molecule has 6 heteroatoms. The number of likely N-dealkylation sites (tertiary alicyclic amines) is 1. The third-order valence-corrected chi connectivity index (χ3v) is 4.47. The van der Waals surface area contributed by atoms with Crippen molar-refractivity contribution in [2.24, 2.45) is 14.1 Å². The normalized spacial score (nSPS) is 18.4. The van der Waals surface area contributed by atoms with Gasteiger partial charge in [0, 0.05) is 46.7 Å². The minimum atomic E-state index is -0.132. The van der Waals surface area contributed by atoms with Crippen molar-refractivity contribution in [2.75, 3.05) is 20.2 Å². The minimum Gasteiger partial charge on any atom is -0.380 e. The second-order valence-corrected chi connectivity index (χ2v) is 6.00. The van der Waals surface area contributed by atoms with Crippen molar-refractivity contribution < 1.29 is 9.53 Å². The molecule has 3 rings (SSSR count). The Bertz CT molecular complexity index is 803. The van der Waals surface area contributed by atoms with Crippen LogP contribution in [0.1, 0.15) is 22.3 Å². The number of hydrogen-bond acceptors (Lipinski definition) is 3. The SMILES string of the molecule is COC1CCN(C(=O)c2cn(C)c3c(C)cn(C)c(=O)c23)C1. The van der Waals surface area contributed by atoms with Gasteiger partial charge in [0.1, 0.15) is 0 Å². The Morgan fingerprint density at radius 1 is 1.27 bits per heavy atom. The minimum absolute atomic E-state index is 0.0866. The summed E-state index contributed by atoms with van der Waals surface area (Å²) in [5.41, 5.74) is 2.16. The number of ether oxygens (including phenoxy) is 1. The van der Waals surface area contributed by atoms with E-state index < -0.39 is 0 Å². The predicted octanol–water partition coefficient (Wildman–Crippen LogP) is 1.05. The van der Waals surface area contributed by atoms with E-state index in [0.717, 1.165) is 17.5 Å². The topological polar surface area (TPSA) is 56.5 Å². The van der Waals surface area contributed by atoms with Crippen LogP contribution in [-0.4, -0.2) is 46.2 Å². The highest BCUT2D eigenvalue weighted by Crippen LogP contribution is 2.23. The van der Waals surface area contributed by atoms with Gasteiger partial charge in [-0.25, -0.2) is 0 Å². The Labute approximate surface area is 128 Å². The first-order valence-corrected chi connectivity index (χ1v) is 7.41. The monoisotopic (exact) mass is 303 g/mol. The van der Waals surface area contributed by atoms with Crippen molar-refractivity contribution in [3.8, 4) is 0 Å². The van der Waals surface area contributed by atoms with Gasteiger partial charge in [-0.15, -0.1) is 0 Å². The maximum atomic E-state index is 12.8. The predicted molar refractivity (Wildman–Crippen MR) is 84.2 cm³/mol. The molecule has 0 aliphatic carbocycles. The summed E-state index contributed by atoms with van der Waals surface area (Å²) in [6, 6.07) is 0. The molecule has 0 saturated carbocycles. The van der Waals surface area contributed by atoms with Gasteiger partial charge >= 0.3 is 0 Å². The van der Waals surface area contributed by atoms with E-state index in [1.54, 1.807) is 31.5 Å². The molecule has 1 amide bonds. The van der Waals surface area contributed by atoms with Crippen molar-refractivity contribution in [1.29, 1.82) is 0 Å². The molecule has 0 aromatic carbocycles. The number of aromatic nitrogens is 2. The Morgan fingerprint density at radius 2 is 2.00 bits per heavy atom. The zero-order valence-corrected chi connectivity index (χ0v) is 13.4. The number of carbonyl (C=O) groups is 1. The van der Waals surface area contributed by atoms with Crippen LogP contribution in [0, 0.1) is 6.92 Å². The molecule has 2 aromatic rings. The molecule has 2 aromatic heterocycles. The molecule has 1 saturated heterocycles. The molecule has 1 aliphatic rings. The first kappa shape index (κ1) is 14.8. The lowest BCUT2D eigenvalue weighted by Gasteiger charge is -2.15. The zero-order chi connectivity index (χ0) is 16.0. The van der Waals surface area contributed by atoms with Gasteiger partial charge in [0.15, 0.2) is 0 Å². The van der Waals surface area contributed by atoms with Crippen molar-refractivity contribution in [3.05, 3.63) is 33.9 Å². The van der Waals surface area contributed by atoms with E-state index in [0.29, 0.717) is 24.0 Å². The summed E-state index contributed by atoms with van der Waals surface area (Å²) < 4.78 is 8.72. The fourth-order valence-electron chi connectivity index (χ4n) is 3.34. The van der Waals surface area contributed by atoms with E-state index in [1.807, 2.05) is 18.5 Å². The second-order valence-electron chi connectivity index (χ2n) is 6.00. The standard InChI is InChI=1S/C16H21N3O3/c1-10-7-18(3)16(21)13-12(9-17(2)14(10)13)15(20)19-6-5-11(8-19)22-4/h7,9,11H,5-6,8H2,1-4H3. The summed E-state index contributed by atoms with van der Waals surface area (Å²) in [7, 11) is 5.25. The van der Waals surface area contributed by atoms with Gasteiger partial charge in [0.05, 0.1) is 22.6 Å². The highest BCUT2D eigenvalue weighted by atomic mass is 16.5. The van der Waals surface area contributed by atoms with Crippen LogP contribution in [0.2, 0.25) is 0 Å². The van der Waals surface area contributed by atoms with Crippen LogP contribution in [0.3, 0.4) is 0 Å². The van der Waals surface area contributed by atoms with E-state index in [9.17, 15) is 9.59 Å². The highest BCUT2D eigenvalue weighted by Gasteiger charge is 2.29. The van der Waals surface area contributed by atoms with Crippen LogP contribution in [-0.2, 0) is 18.8 Å². The first-order valence-electron chi connectivity index (χ1n) is 7.41. The first-order chi connectivity index (χ1) is 10.4. The van der Waals surface area contributed by atoms with Crippen LogP contribution in [0.4, 0.5) is 0 Å². The van der Waals surface area contributed by atoms with Crippen LogP contribution < -0.4 is 5.56 Å². The van der Waals surface area contributed by atoms with Crippen molar-refractivity contribution in [2.45, 2.75) is 19.4 Å². The Kier molecular flexibility index (Phi) is 3.56. The molecule has 1 unspecified atom stereocenters. The summed E-state index contributed by atoms with van der Waals surface area (Å²) >= 11 is 0. The van der Waals surface area contributed by atoms with Gasteiger partial charge in [0.2, 0.25) is 0 Å². The second kappa shape index (κ2) is 5.28. The molecule has 0 N–H and O–H groups in total. The van der Waals surface area contributed by atoms with E-state index in [1.165, 1.54) is 4.57 Å². The van der Waals surface area contributed by atoms with Gasteiger partial charge in [-0.1, -0.05) is 0 Å². The molecule has 0 radical (unpaired) electrons. The summed E-state index contributed by atoms with van der Waals surface area (Å²) in [6.45, 7) is 3.20. The summed E-state index contributed by atoms with van der Waals surface area (Å²) in [6.07, 6.45) is 4.49. The molecule has 0 bridgehead atoms. The molecule has 6 nitrogen and oxygen atoms in total. The van der Waals surface area contributed by atoms with E-state index in [4.69, 9.17) is 4.74 Å². The maximum absolute atomic E-state index is 12.8. The average Bonchev–Trinajstić information content (AvgIpc) is 3.08. The molecule has 1 aliphatic heterocycles. The van der Waals surface area contributed by atoms with E-state index in [2.05, 4.69) is 0 Å². The van der Waals surface area contributed by atoms with Crippen LogP contribution in [0.15, 0.2) is 17.2 Å². The largest absolute Gasteiger partial charge is 0.380 e. The van der Waals surface area contributed by atoms with Crippen LogP contribution in [0.25, 0.3) is 10.9 Å². The van der Waals surface area contributed by atoms with Gasteiger partial charge in [0.25, 0.3) is 11.5 Å². The number of carbonyl (C=O) groups excluding carboxylic acids is 1. The van der Waals surface area contributed by atoms with E-state index >= 15 is 0 Å². The van der Waals surface area contributed by atoms with E-state index in [-0.39, 0.29) is 17.6 Å². The smallest absolute Gasteiger partial charge is 0.260 e. The fraction of sp³-hybridized carbons (Fsp3) is 0.500. The molecule has 22 heavy (non-hydrogen) atoms. The number of fused-ring (bicyclic) bond motifs is 1. The molecule has 118 valence electrons. The highest BCUT2D eigenvalue weighted by molar-refractivity contribution is 6.07. The average molecular weight is 303 g/mol. The molecular formula is C16H21N3O3. The zero-order valence-electron chi connectivity index (χ0n) is 13.4. The van der Waals surface area contributed by atoms with Gasteiger partial charge < -0.3 is 18.8 Å². The third-order valence-electron chi connectivity index (χ3n) is 4.47. The van der Waals surface area contributed by atoms with Crippen LogP contribution in [0.5, 0.6) is 0 Å². The number of pyridine rings is 1. The number of amides is 1. The van der Waals surface area contributed by atoms with Crippen molar-refractivity contribution in [1.82, 2.24) is 14.0 Å². The molecule has 3 heterocycles. The van der Waals surface area contributed by atoms with Crippen molar-refractivity contribution >= 4 is 16.8 Å². The lowest BCUT2D eigenvalue weighted by atomic mass is 10.1. The molecular weight excluding hydrogens is 282 g/mol. The summed E-state index contributed by atoms with van der Waals surface area (Å²) in [5.74, 6) is -0.0900.